The summed E-state index contributed by atoms with van der Waals surface area (Å²) in [6.45, 7) is 2.05. The second kappa shape index (κ2) is 4.20. The molecule has 15 heavy (non-hydrogen) atoms. The molecule has 0 unspecified atom stereocenters. The third kappa shape index (κ3) is 2.49. The first kappa shape index (κ1) is 10.4. The highest BCUT2D eigenvalue weighted by molar-refractivity contribution is 9.10. The predicted molar refractivity (Wildman–Crippen MR) is 68.7 cm³/mol. The molecular weight excluding hydrogens is 274 g/mol. The molecule has 0 aliphatic rings. The Balaban J connectivity index is 2.24. The molecule has 0 aliphatic carbocycles. The normalized spacial score (nSPS) is 10.3. The van der Waals surface area contributed by atoms with E-state index in [1.165, 1.54) is 11.3 Å². The maximum Gasteiger partial charge on any atom is 0.189 e. The van der Waals surface area contributed by atoms with Gasteiger partial charge in [-0.15, -0.1) is 0 Å². The molecular formula is C10H10BrN3S. The molecule has 0 amide bonds. The Hall–Kier alpha value is -1.07. The van der Waals surface area contributed by atoms with Gasteiger partial charge in [-0.1, -0.05) is 27.3 Å². The standard InChI is InChI=1S/C10H10BrN3S/c1-6-4-7(11)2-3-8(6)14-10-13-5-9(12)15-10/h2-5H,12H2,1H3,(H,13,14). The molecule has 78 valence electrons. The third-order valence-electron chi connectivity index (χ3n) is 1.95. The summed E-state index contributed by atoms with van der Waals surface area (Å²) < 4.78 is 1.07. The van der Waals surface area contributed by atoms with Crippen LogP contribution in [-0.2, 0) is 0 Å². The molecule has 0 spiro atoms. The maximum absolute atomic E-state index is 5.60. The van der Waals surface area contributed by atoms with Crippen LogP contribution in [0.5, 0.6) is 0 Å². The molecule has 0 saturated carbocycles. The number of aromatic nitrogens is 1. The number of nitrogens with zero attached hydrogens (tertiary/aromatic N) is 1. The number of hydrogen-bond donors (Lipinski definition) is 2. The van der Waals surface area contributed by atoms with Crippen LogP contribution in [0, 0.1) is 6.92 Å². The van der Waals surface area contributed by atoms with Gasteiger partial charge in [0.15, 0.2) is 5.13 Å². The lowest BCUT2D eigenvalue weighted by Crippen LogP contribution is -1.91. The third-order valence-corrected chi connectivity index (χ3v) is 3.19. The van der Waals surface area contributed by atoms with Crippen LogP contribution in [0.15, 0.2) is 28.9 Å². The molecule has 1 aromatic carbocycles. The Morgan fingerprint density at radius 1 is 1.47 bits per heavy atom. The zero-order valence-corrected chi connectivity index (χ0v) is 10.5. The van der Waals surface area contributed by atoms with Crippen molar-refractivity contribution in [3.05, 3.63) is 34.4 Å². The minimum atomic E-state index is 0.715. The molecule has 5 heteroatoms. The molecule has 0 radical (unpaired) electrons. The van der Waals surface area contributed by atoms with Gasteiger partial charge in [0, 0.05) is 10.2 Å². The lowest BCUT2D eigenvalue weighted by molar-refractivity contribution is 1.36. The number of hydrogen-bond acceptors (Lipinski definition) is 4. The molecule has 2 aromatic rings. The number of nitrogen functional groups attached to an aromatic ring is 1. The van der Waals surface area contributed by atoms with Crippen LogP contribution in [-0.4, -0.2) is 4.98 Å². The van der Waals surface area contributed by atoms with E-state index in [0.29, 0.717) is 5.00 Å². The van der Waals surface area contributed by atoms with Crippen LogP contribution >= 0.6 is 27.3 Å². The van der Waals surface area contributed by atoms with Crippen LogP contribution in [0.2, 0.25) is 0 Å². The molecule has 3 N–H and O–H groups in total. The van der Waals surface area contributed by atoms with Crippen molar-refractivity contribution >= 4 is 43.1 Å². The van der Waals surface area contributed by atoms with Gasteiger partial charge >= 0.3 is 0 Å². The lowest BCUT2D eigenvalue weighted by atomic mass is 10.2. The minimum absolute atomic E-state index is 0.715. The first-order valence-electron chi connectivity index (χ1n) is 4.39. The highest BCUT2D eigenvalue weighted by atomic mass is 79.9. The van der Waals surface area contributed by atoms with Crippen molar-refractivity contribution in [2.75, 3.05) is 11.1 Å². The molecule has 2 rings (SSSR count). The highest BCUT2D eigenvalue weighted by Gasteiger charge is 2.02. The number of anilines is 3. The van der Waals surface area contributed by atoms with Gasteiger partial charge in [0.25, 0.3) is 0 Å². The van der Waals surface area contributed by atoms with Gasteiger partial charge in [-0.3, -0.25) is 0 Å². The van der Waals surface area contributed by atoms with Crippen molar-refractivity contribution in [3.63, 3.8) is 0 Å². The van der Waals surface area contributed by atoms with E-state index in [0.717, 1.165) is 20.9 Å². The highest BCUT2D eigenvalue weighted by Crippen LogP contribution is 2.27. The zero-order valence-electron chi connectivity index (χ0n) is 8.12. The fraction of sp³-hybridized carbons (Fsp3) is 0.100. The van der Waals surface area contributed by atoms with E-state index in [2.05, 4.69) is 32.3 Å². The molecule has 1 heterocycles. The average molecular weight is 284 g/mol. The van der Waals surface area contributed by atoms with Gasteiger partial charge in [0.2, 0.25) is 0 Å². The maximum atomic E-state index is 5.60. The van der Waals surface area contributed by atoms with Gasteiger partial charge in [0.05, 0.1) is 6.20 Å². The molecule has 1 aromatic heterocycles. The number of benzene rings is 1. The summed E-state index contributed by atoms with van der Waals surface area (Å²) in [5.41, 5.74) is 7.82. The summed E-state index contributed by atoms with van der Waals surface area (Å²) in [4.78, 5) is 4.15. The van der Waals surface area contributed by atoms with Crippen LogP contribution in [0.3, 0.4) is 0 Å². The van der Waals surface area contributed by atoms with Crippen molar-refractivity contribution < 1.29 is 0 Å². The molecule has 3 nitrogen and oxygen atoms in total. The Kier molecular flexibility index (Phi) is 2.93. The summed E-state index contributed by atoms with van der Waals surface area (Å²) in [7, 11) is 0. The van der Waals surface area contributed by atoms with Crippen molar-refractivity contribution in [3.8, 4) is 0 Å². The Bertz CT molecular complexity index is 481. The SMILES string of the molecule is Cc1cc(Br)ccc1Nc1ncc(N)s1. The van der Waals surface area contributed by atoms with E-state index >= 15 is 0 Å². The van der Waals surface area contributed by atoms with Crippen LogP contribution in [0.25, 0.3) is 0 Å². The van der Waals surface area contributed by atoms with Crippen molar-refractivity contribution in [2.45, 2.75) is 6.92 Å². The first-order valence-corrected chi connectivity index (χ1v) is 6.00. The van der Waals surface area contributed by atoms with Gasteiger partial charge < -0.3 is 11.1 Å². The van der Waals surface area contributed by atoms with Crippen molar-refractivity contribution in [2.24, 2.45) is 0 Å². The number of rotatable bonds is 2. The van der Waals surface area contributed by atoms with Gasteiger partial charge in [0.1, 0.15) is 5.00 Å². The van der Waals surface area contributed by atoms with Crippen LogP contribution in [0.4, 0.5) is 15.8 Å². The van der Waals surface area contributed by atoms with E-state index in [1.807, 2.05) is 19.1 Å². The Labute approximate surface area is 100 Å². The quantitative estimate of drug-likeness (QED) is 0.886. The summed E-state index contributed by atoms with van der Waals surface area (Å²) in [5, 5.41) is 4.76. The molecule has 0 saturated heterocycles. The zero-order chi connectivity index (χ0) is 10.8. The Morgan fingerprint density at radius 2 is 2.27 bits per heavy atom. The number of nitrogens with two attached hydrogens (primary N) is 1. The smallest absolute Gasteiger partial charge is 0.189 e. The monoisotopic (exact) mass is 283 g/mol. The molecule has 0 atom stereocenters. The van der Waals surface area contributed by atoms with Crippen LogP contribution < -0.4 is 11.1 Å². The second-order valence-electron chi connectivity index (χ2n) is 3.15. The van der Waals surface area contributed by atoms with Gasteiger partial charge in [-0.05, 0) is 30.7 Å². The summed E-state index contributed by atoms with van der Waals surface area (Å²) in [6.07, 6.45) is 1.65. The number of aryl methyl sites for hydroxylation is 1. The second-order valence-corrected chi connectivity index (χ2v) is 5.13. The fourth-order valence-corrected chi connectivity index (χ4v) is 2.30. The van der Waals surface area contributed by atoms with Crippen molar-refractivity contribution in [1.29, 1.82) is 0 Å². The van der Waals surface area contributed by atoms with E-state index < -0.39 is 0 Å². The summed E-state index contributed by atoms with van der Waals surface area (Å²) >= 11 is 4.86. The van der Waals surface area contributed by atoms with E-state index in [-0.39, 0.29) is 0 Å². The van der Waals surface area contributed by atoms with Gasteiger partial charge in [-0.2, -0.15) is 0 Å². The summed E-state index contributed by atoms with van der Waals surface area (Å²) in [5.74, 6) is 0. The van der Waals surface area contributed by atoms with Crippen LogP contribution in [0.1, 0.15) is 5.56 Å². The number of halogens is 1. The average Bonchev–Trinajstić information content (AvgIpc) is 2.56. The van der Waals surface area contributed by atoms with Gasteiger partial charge in [-0.25, -0.2) is 4.98 Å². The van der Waals surface area contributed by atoms with E-state index in [4.69, 9.17) is 5.73 Å². The minimum Gasteiger partial charge on any atom is -0.389 e. The Morgan fingerprint density at radius 3 is 2.87 bits per heavy atom. The predicted octanol–water partition coefficient (Wildman–Crippen LogP) is 3.54. The lowest BCUT2D eigenvalue weighted by Gasteiger charge is -2.06. The molecule has 0 bridgehead atoms. The summed E-state index contributed by atoms with van der Waals surface area (Å²) in [6, 6.07) is 6.06. The molecule has 0 fully saturated rings. The molecule has 0 aliphatic heterocycles. The number of nitrogens with one attached hydrogen (secondary N) is 1. The van der Waals surface area contributed by atoms with E-state index in [1.54, 1.807) is 6.20 Å². The van der Waals surface area contributed by atoms with Crippen molar-refractivity contribution in [1.82, 2.24) is 4.98 Å². The number of thiazole rings is 1. The fourth-order valence-electron chi connectivity index (χ4n) is 1.23. The first-order chi connectivity index (χ1) is 7.15. The largest absolute Gasteiger partial charge is 0.389 e. The topological polar surface area (TPSA) is 50.9 Å². The van der Waals surface area contributed by atoms with E-state index in [9.17, 15) is 0 Å².